The number of Topliss-reactive ketones (excluding diaryl/α,β-unsaturated/α-hetero) is 1. The quantitative estimate of drug-likeness (QED) is 0.744. The number of benzene rings is 1. The Morgan fingerprint density at radius 1 is 1.12 bits per heavy atom. The van der Waals surface area contributed by atoms with E-state index in [-0.39, 0.29) is 11.2 Å². The summed E-state index contributed by atoms with van der Waals surface area (Å²) in [7, 11) is 3.86. The number of nitrogens with zero attached hydrogens (tertiary/aromatic N) is 1. The summed E-state index contributed by atoms with van der Waals surface area (Å²) in [5.41, 5.74) is 1.38. The van der Waals surface area contributed by atoms with Gasteiger partial charge in [0.2, 0.25) is 0 Å². The van der Waals surface area contributed by atoms with Crippen LogP contribution in [0, 0.1) is 5.41 Å². The van der Waals surface area contributed by atoms with Gasteiger partial charge in [0, 0.05) is 31.3 Å². The number of hydrogen-bond acceptors (Lipinski definition) is 2. The summed E-state index contributed by atoms with van der Waals surface area (Å²) in [5.74, 6) is 0.164. The van der Waals surface area contributed by atoms with Gasteiger partial charge in [-0.2, -0.15) is 0 Å². The Hall–Kier alpha value is -1.57. The van der Waals surface area contributed by atoms with Crippen molar-refractivity contribution in [3.63, 3.8) is 0 Å². The van der Waals surface area contributed by atoms with E-state index in [4.69, 9.17) is 0 Å². The zero-order valence-corrected chi connectivity index (χ0v) is 11.3. The van der Waals surface area contributed by atoms with E-state index in [0.29, 0.717) is 0 Å². The standard InChI is InChI=1S/C15H21NO/c1-15(2,3)14(17)13(11-16(4)5)12-9-7-6-8-10-12/h6-11H,1-5H3. The van der Waals surface area contributed by atoms with Gasteiger partial charge in [0.1, 0.15) is 0 Å². The molecule has 1 rings (SSSR count). The number of carbonyl (C=O) groups is 1. The maximum absolute atomic E-state index is 12.4. The van der Waals surface area contributed by atoms with Crippen LogP contribution in [0.3, 0.4) is 0 Å². The van der Waals surface area contributed by atoms with Crippen molar-refractivity contribution in [3.8, 4) is 0 Å². The van der Waals surface area contributed by atoms with Gasteiger partial charge >= 0.3 is 0 Å². The first-order valence-electron chi connectivity index (χ1n) is 5.81. The Kier molecular flexibility index (Phi) is 4.11. The highest BCUT2D eigenvalue weighted by Gasteiger charge is 2.25. The van der Waals surface area contributed by atoms with Gasteiger partial charge in [0.05, 0.1) is 0 Å². The normalized spacial score (nSPS) is 12.4. The molecule has 0 fully saturated rings. The van der Waals surface area contributed by atoms with Crippen LogP contribution in [-0.4, -0.2) is 24.8 Å². The SMILES string of the molecule is CN(C)C=C(C(=O)C(C)(C)C)c1ccccc1. The van der Waals surface area contributed by atoms with Crippen LogP contribution in [0.15, 0.2) is 36.5 Å². The van der Waals surface area contributed by atoms with Gasteiger partial charge in [-0.05, 0) is 5.56 Å². The minimum Gasteiger partial charge on any atom is -0.383 e. The average Bonchev–Trinajstić information content (AvgIpc) is 2.24. The largest absolute Gasteiger partial charge is 0.383 e. The molecular formula is C15H21NO. The molecule has 2 nitrogen and oxygen atoms in total. The summed E-state index contributed by atoms with van der Waals surface area (Å²) in [5, 5.41) is 0. The molecule has 0 aliphatic rings. The molecule has 0 saturated heterocycles. The Morgan fingerprint density at radius 3 is 2.06 bits per heavy atom. The lowest BCUT2D eigenvalue weighted by Gasteiger charge is -2.20. The van der Waals surface area contributed by atoms with Gasteiger partial charge in [0.25, 0.3) is 0 Å². The molecule has 2 heteroatoms. The summed E-state index contributed by atoms with van der Waals surface area (Å²) in [4.78, 5) is 14.3. The molecule has 0 saturated carbocycles. The number of carbonyl (C=O) groups excluding carboxylic acids is 1. The smallest absolute Gasteiger partial charge is 0.170 e. The molecule has 0 heterocycles. The second kappa shape index (κ2) is 5.17. The predicted molar refractivity (Wildman–Crippen MR) is 72.6 cm³/mol. The van der Waals surface area contributed by atoms with Crippen molar-refractivity contribution in [2.24, 2.45) is 5.41 Å². The first kappa shape index (κ1) is 13.5. The first-order valence-corrected chi connectivity index (χ1v) is 5.81. The highest BCUT2D eigenvalue weighted by molar-refractivity contribution is 6.22. The number of rotatable bonds is 3. The molecule has 0 spiro atoms. The summed E-state index contributed by atoms with van der Waals surface area (Å²) in [6, 6.07) is 9.81. The van der Waals surface area contributed by atoms with Crippen LogP contribution in [-0.2, 0) is 4.79 Å². The molecule has 0 bridgehead atoms. The van der Waals surface area contributed by atoms with Crippen LogP contribution in [0.25, 0.3) is 5.57 Å². The summed E-state index contributed by atoms with van der Waals surface area (Å²) in [6.07, 6.45) is 1.89. The van der Waals surface area contributed by atoms with Crippen molar-refractivity contribution in [1.29, 1.82) is 0 Å². The van der Waals surface area contributed by atoms with Crippen molar-refractivity contribution in [2.75, 3.05) is 14.1 Å². The van der Waals surface area contributed by atoms with Crippen LogP contribution in [0.1, 0.15) is 26.3 Å². The van der Waals surface area contributed by atoms with Crippen LogP contribution < -0.4 is 0 Å². The second-order valence-corrected chi connectivity index (χ2v) is 5.45. The van der Waals surface area contributed by atoms with Gasteiger partial charge in [0.15, 0.2) is 5.78 Å². The first-order chi connectivity index (χ1) is 7.82. The lowest BCUT2D eigenvalue weighted by Crippen LogP contribution is -2.22. The molecule has 0 radical (unpaired) electrons. The Bertz CT molecular complexity index is 410. The lowest BCUT2D eigenvalue weighted by molar-refractivity contribution is -0.120. The molecule has 0 amide bonds. The van der Waals surface area contributed by atoms with E-state index < -0.39 is 0 Å². The average molecular weight is 231 g/mol. The van der Waals surface area contributed by atoms with E-state index in [9.17, 15) is 4.79 Å². The number of hydrogen-bond donors (Lipinski definition) is 0. The van der Waals surface area contributed by atoms with Gasteiger partial charge in [-0.15, -0.1) is 0 Å². The molecular weight excluding hydrogens is 210 g/mol. The van der Waals surface area contributed by atoms with Gasteiger partial charge in [-0.3, -0.25) is 4.79 Å². The molecule has 0 unspecified atom stereocenters. The van der Waals surface area contributed by atoms with E-state index >= 15 is 0 Å². The fourth-order valence-electron chi connectivity index (χ4n) is 1.54. The highest BCUT2D eigenvalue weighted by atomic mass is 16.1. The van der Waals surface area contributed by atoms with Crippen molar-refractivity contribution < 1.29 is 4.79 Å². The molecule has 0 aliphatic heterocycles. The molecule has 0 aliphatic carbocycles. The van der Waals surface area contributed by atoms with Crippen molar-refractivity contribution in [2.45, 2.75) is 20.8 Å². The maximum Gasteiger partial charge on any atom is 0.170 e. The monoisotopic (exact) mass is 231 g/mol. The van der Waals surface area contributed by atoms with Gasteiger partial charge in [-0.1, -0.05) is 51.1 Å². The van der Waals surface area contributed by atoms with Crippen LogP contribution in [0.4, 0.5) is 0 Å². The number of allylic oxidation sites excluding steroid dienone is 1. The van der Waals surface area contributed by atoms with Crippen molar-refractivity contribution >= 4 is 11.4 Å². The van der Waals surface area contributed by atoms with Crippen LogP contribution in [0.5, 0.6) is 0 Å². The molecule has 0 aromatic heterocycles. The topological polar surface area (TPSA) is 20.3 Å². The van der Waals surface area contributed by atoms with E-state index in [1.54, 1.807) is 0 Å². The Labute approximate surface area is 104 Å². The molecule has 1 aromatic rings. The summed E-state index contributed by atoms with van der Waals surface area (Å²) in [6.45, 7) is 5.84. The molecule has 0 N–H and O–H groups in total. The zero-order valence-electron chi connectivity index (χ0n) is 11.3. The number of ketones is 1. The van der Waals surface area contributed by atoms with Crippen LogP contribution >= 0.6 is 0 Å². The summed E-state index contributed by atoms with van der Waals surface area (Å²) >= 11 is 0. The summed E-state index contributed by atoms with van der Waals surface area (Å²) < 4.78 is 0. The van der Waals surface area contributed by atoms with Crippen LogP contribution in [0.2, 0.25) is 0 Å². The van der Waals surface area contributed by atoms with E-state index in [0.717, 1.165) is 11.1 Å². The predicted octanol–water partition coefficient (Wildman–Crippen LogP) is 3.20. The van der Waals surface area contributed by atoms with Gasteiger partial charge in [-0.25, -0.2) is 0 Å². The van der Waals surface area contributed by atoms with Gasteiger partial charge < -0.3 is 4.90 Å². The zero-order chi connectivity index (χ0) is 13.1. The lowest BCUT2D eigenvalue weighted by atomic mass is 9.84. The highest BCUT2D eigenvalue weighted by Crippen LogP contribution is 2.26. The minimum absolute atomic E-state index is 0.164. The second-order valence-electron chi connectivity index (χ2n) is 5.45. The maximum atomic E-state index is 12.4. The third-order valence-corrected chi connectivity index (χ3v) is 2.40. The fourth-order valence-corrected chi connectivity index (χ4v) is 1.54. The fraction of sp³-hybridized carbons (Fsp3) is 0.400. The molecule has 1 aromatic carbocycles. The molecule has 92 valence electrons. The van der Waals surface area contributed by atoms with Crippen molar-refractivity contribution in [3.05, 3.63) is 42.1 Å². The molecule has 0 atom stereocenters. The minimum atomic E-state index is -0.363. The molecule has 17 heavy (non-hydrogen) atoms. The van der Waals surface area contributed by atoms with E-state index in [2.05, 4.69) is 0 Å². The van der Waals surface area contributed by atoms with E-state index in [1.807, 2.05) is 76.3 Å². The van der Waals surface area contributed by atoms with Crippen molar-refractivity contribution in [1.82, 2.24) is 4.90 Å². The Balaban J connectivity index is 3.20. The van der Waals surface area contributed by atoms with E-state index in [1.165, 1.54) is 0 Å². The Morgan fingerprint density at radius 2 is 1.65 bits per heavy atom. The third kappa shape index (κ3) is 3.74. The third-order valence-electron chi connectivity index (χ3n) is 2.40.